The molecule has 1 amide bonds. The molecule has 3 rings (SSSR count). The predicted molar refractivity (Wildman–Crippen MR) is 128 cm³/mol. The summed E-state index contributed by atoms with van der Waals surface area (Å²) in [5.41, 5.74) is 2.05. The van der Waals surface area contributed by atoms with E-state index < -0.39 is 22.0 Å². The van der Waals surface area contributed by atoms with Crippen molar-refractivity contribution in [3.8, 4) is 5.75 Å². The first kappa shape index (κ1) is 28.0. The molecule has 9 nitrogen and oxygen atoms in total. The highest BCUT2D eigenvalue weighted by Gasteiger charge is 2.44. The van der Waals surface area contributed by atoms with E-state index in [4.69, 9.17) is 9.47 Å². The molecular weight excluding hydrogens is 482 g/mol. The average Bonchev–Trinajstić information content (AvgIpc) is 2.85. The van der Waals surface area contributed by atoms with Crippen molar-refractivity contribution < 1.29 is 27.9 Å². The Labute approximate surface area is 206 Å². The lowest BCUT2D eigenvalue weighted by molar-refractivity contribution is -0.136. The van der Waals surface area contributed by atoms with E-state index in [1.807, 2.05) is 6.92 Å². The number of carbonyl (C=O) groups excluding carboxylic acids is 1. The molecule has 0 unspecified atom stereocenters. The average molecular weight is 514 g/mol. The Morgan fingerprint density at radius 1 is 1.18 bits per heavy atom. The maximum atomic E-state index is 13.8. The molecule has 2 aromatic rings. The van der Waals surface area contributed by atoms with Gasteiger partial charge in [0.15, 0.2) is 0 Å². The molecule has 0 saturated heterocycles. The normalized spacial score (nSPS) is 21.4. The summed E-state index contributed by atoms with van der Waals surface area (Å²) < 4.78 is 39.5. The van der Waals surface area contributed by atoms with E-state index in [9.17, 15) is 18.4 Å². The quantitative estimate of drug-likeness (QED) is 0.390. The number of nitrogens with one attached hydrogen (secondary N) is 1. The fourth-order valence-electron chi connectivity index (χ4n) is 4.30. The van der Waals surface area contributed by atoms with Crippen LogP contribution in [0.15, 0.2) is 53.7 Å². The Kier molecular flexibility index (Phi) is 9.84. The number of benzene rings is 1. The third-order valence-corrected chi connectivity index (χ3v) is 8.31. The second-order valence-corrected chi connectivity index (χ2v) is 10.4. The van der Waals surface area contributed by atoms with Crippen LogP contribution in [0.2, 0.25) is 0 Å². The van der Waals surface area contributed by atoms with Crippen molar-refractivity contribution in [2.75, 3.05) is 14.2 Å². The van der Waals surface area contributed by atoms with E-state index >= 15 is 0 Å². The van der Waals surface area contributed by atoms with Crippen molar-refractivity contribution in [2.24, 2.45) is 5.92 Å². The lowest BCUT2D eigenvalue weighted by Gasteiger charge is -2.41. The summed E-state index contributed by atoms with van der Waals surface area (Å²) in [7, 11) is -0.955. The van der Waals surface area contributed by atoms with E-state index in [1.165, 1.54) is 23.5 Å². The summed E-state index contributed by atoms with van der Waals surface area (Å²) in [6.07, 6.45) is 5.64. The van der Waals surface area contributed by atoms with E-state index in [-0.39, 0.29) is 35.4 Å². The van der Waals surface area contributed by atoms with E-state index in [2.05, 4.69) is 4.98 Å². The number of halogens is 1. The number of methoxy groups -OCH3 is 2. The van der Waals surface area contributed by atoms with Crippen molar-refractivity contribution in [3.05, 3.63) is 54.4 Å². The van der Waals surface area contributed by atoms with Crippen molar-refractivity contribution in [1.29, 1.82) is 0 Å². The van der Waals surface area contributed by atoms with E-state index in [1.54, 1.807) is 49.2 Å². The van der Waals surface area contributed by atoms with Crippen LogP contribution in [0.1, 0.15) is 38.2 Å². The number of hydroxylamine groups is 1. The van der Waals surface area contributed by atoms with Gasteiger partial charge in [-0.1, -0.05) is 0 Å². The van der Waals surface area contributed by atoms with Gasteiger partial charge < -0.3 is 9.47 Å². The first-order chi connectivity index (χ1) is 15.7. The van der Waals surface area contributed by atoms with Gasteiger partial charge in [0.25, 0.3) is 5.91 Å². The maximum absolute atomic E-state index is 13.8. The van der Waals surface area contributed by atoms with Crippen LogP contribution in [0, 0.1) is 5.92 Å². The SMILES string of the molecule is COc1ccc(S(=O)(=O)N(Cc2ccncc2)[C@@H](C(=O)NO)C2CCC(C)(OC)CC2)cc1.Cl. The van der Waals surface area contributed by atoms with Crippen molar-refractivity contribution in [2.45, 2.75) is 55.7 Å². The topological polar surface area (TPSA) is 118 Å². The van der Waals surface area contributed by atoms with Gasteiger partial charge in [0.05, 0.1) is 17.6 Å². The van der Waals surface area contributed by atoms with E-state index in [0.29, 0.717) is 37.0 Å². The predicted octanol–water partition coefficient (Wildman–Crippen LogP) is 3.17. The molecule has 1 fully saturated rings. The van der Waals surface area contributed by atoms with Crippen LogP contribution in [-0.2, 0) is 26.1 Å². The number of amides is 1. The molecule has 0 radical (unpaired) electrons. The number of nitrogens with zero attached hydrogens (tertiary/aromatic N) is 2. The summed E-state index contributed by atoms with van der Waals surface area (Å²) in [5.74, 6) is -0.534. The molecule has 1 saturated carbocycles. The zero-order valence-electron chi connectivity index (χ0n) is 19.5. The molecule has 1 atom stereocenters. The summed E-state index contributed by atoms with van der Waals surface area (Å²) in [6, 6.07) is 8.32. The van der Waals surface area contributed by atoms with Gasteiger partial charge in [-0.25, -0.2) is 13.9 Å². The number of pyridine rings is 1. The third-order valence-electron chi connectivity index (χ3n) is 6.47. The van der Waals surface area contributed by atoms with Gasteiger partial charge in [0, 0.05) is 26.0 Å². The number of sulfonamides is 1. The molecule has 2 N–H and O–H groups in total. The van der Waals surface area contributed by atoms with E-state index in [0.717, 1.165) is 0 Å². The minimum atomic E-state index is -4.11. The molecular formula is C23H32ClN3O6S. The Morgan fingerprint density at radius 2 is 1.76 bits per heavy atom. The summed E-state index contributed by atoms with van der Waals surface area (Å²) in [4.78, 5) is 16.9. The highest BCUT2D eigenvalue weighted by Crippen LogP contribution is 2.38. The van der Waals surface area contributed by atoms with Crippen molar-refractivity contribution in [3.63, 3.8) is 0 Å². The lowest BCUT2D eigenvalue weighted by atomic mass is 9.76. The largest absolute Gasteiger partial charge is 0.497 e. The first-order valence-electron chi connectivity index (χ1n) is 10.8. The number of ether oxygens (including phenoxy) is 2. The van der Waals surface area contributed by atoms with Crippen molar-refractivity contribution >= 4 is 28.3 Å². The standard InChI is InChI=1S/C23H31N3O6S.ClH/c1-23(32-3)12-8-18(9-13-23)21(22(27)25-28)26(16-17-10-14-24-15-11-17)33(29,30)20-6-4-19(31-2)5-7-20;/h4-7,10-11,14-15,18,21,28H,8-9,12-13,16H2,1-3H3,(H,25,27);1H/t18?,21-,23?;/m1./s1. The first-order valence-corrected chi connectivity index (χ1v) is 12.2. The smallest absolute Gasteiger partial charge is 0.262 e. The van der Waals surface area contributed by atoms with Gasteiger partial charge >= 0.3 is 0 Å². The van der Waals surface area contributed by atoms with Crippen LogP contribution in [0.25, 0.3) is 0 Å². The van der Waals surface area contributed by atoms with Crippen LogP contribution < -0.4 is 10.2 Å². The van der Waals surface area contributed by atoms with Gasteiger partial charge in [-0.3, -0.25) is 15.0 Å². The highest BCUT2D eigenvalue weighted by molar-refractivity contribution is 7.89. The van der Waals surface area contributed by atoms with Crippen LogP contribution in [0.5, 0.6) is 5.75 Å². The molecule has 0 bridgehead atoms. The van der Waals surface area contributed by atoms with Gasteiger partial charge in [-0.2, -0.15) is 4.31 Å². The fourth-order valence-corrected chi connectivity index (χ4v) is 5.94. The molecule has 1 aromatic heterocycles. The number of rotatable bonds is 9. The maximum Gasteiger partial charge on any atom is 0.262 e. The second kappa shape index (κ2) is 11.9. The molecule has 11 heteroatoms. The summed E-state index contributed by atoms with van der Waals surface area (Å²) >= 11 is 0. The minimum absolute atomic E-state index is 0. The zero-order valence-corrected chi connectivity index (χ0v) is 21.1. The molecule has 188 valence electrons. The van der Waals surface area contributed by atoms with Gasteiger partial charge in [-0.15, -0.1) is 12.4 Å². The molecule has 1 heterocycles. The molecule has 0 aliphatic heterocycles. The Morgan fingerprint density at radius 3 is 2.26 bits per heavy atom. The van der Waals surface area contributed by atoms with Crippen LogP contribution in [0.4, 0.5) is 0 Å². The Bertz CT molecular complexity index is 1030. The number of carbonyl (C=O) groups is 1. The van der Waals surface area contributed by atoms with Crippen LogP contribution in [-0.4, -0.2) is 54.7 Å². The summed E-state index contributed by atoms with van der Waals surface area (Å²) in [5, 5.41) is 9.53. The molecule has 0 spiro atoms. The van der Waals surface area contributed by atoms with Gasteiger partial charge in [0.1, 0.15) is 11.8 Å². The molecule has 1 aromatic carbocycles. The Hall–Kier alpha value is -2.24. The third kappa shape index (κ3) is 6.25. The van der Waals surface area contributed by atoms with Gasteiger partial charge in [-0.05, 0) is 80.5 Å². The molecule has 1 aliphatic rings. The summed E-state index contributed by atoms with van der Waals surface area (Å²) in [6.45, 7) is 1.96. The Balaban J connectivity index is 0.00000408. The second-order valence-electron chi connectivity index (χ2n) is 8.49. The minimum Gasteiger partial charge on any atom is -0.497 e. The fraction of sp³-hybridized carbons (Fsp3) is 0.478. The van der Waals surface area contributed by atoms with Crippen molar-refractivity contribution in [1.82, 2.24) is 14.8 Å². The number of hydrogen-bond donors (Lipinski definition) is 2. The lowest BCUT2D eigenvalue weighted by Crippen LogP contribution is -2.53. The van der Waals surface area contributed by atoms with Crippen LogP contribution in [0.3, 0.4) is 0 Å². The molecule has 34 heavy (non-hydrogen) atoms. The zero-order chi connectivity index (χ0) is 24.1. The molecule has 1 aliphatic carbocycles. The highest BCUT2D eigenvalue weighted by atomic mass is 35.5. The number of hydrogen-bond acceptors (Lipinski definition) is 7. The number of aromatic nitrogens is 1. The van der Waals surface area contributed by atoms with Gasteiger partial charge in [0.2, 0.25) is 10.0 Å². The monoisotopic (exact) mass is 513 g/mol. The van der Waals surface area contributed by atoms with Crippen LogP contribution >= 0.6 is 12.4 Å².